The first-order chi connectivity index (χ1) is 9.52. The molecule has 0 aliphatic carbocycles. The summed E-state index contributed by atoms with van der Waals surface area (Å²) in [7, 11) is 0. The summed E-state index contributed by atoms with van der Waals surface area (Å²) in [5.41, 5.74) is 1.39. The van der Waals surface area contributed by atoms with Crippen molar-refractivity contribution in [3.05, 3.63) is 29.6 Å². The van der Waals surface area contributed by atoms with Crippen LogP contribution in [0.4, 0.5) is 4.39 Å². The number of benzene rings is 1. The van der Waals surface area contributed by atoms with Crippen molar-refractivity contribution in [1.82, 2.24) is 20.2 Å². The zero-order valence-corrected chi connectivity index (χ0v) is 11.2. The third-order valence-electron chi connectivity index (χ3n) is 3.15. The Hall–Kier alpha value is -2.31. The lowest BCUT2D eigenvalue weighted by Crippen LogP contribution is -2.16. The summed E-state index contributed by atoms with van der Waals surface area (Å²) in [4.78, 5) is 10.9. The summed E-state index contributed by atoms with van der Waals surface area (Å²) in [5, 5.41) is 20.4. The summed E-state index contributed by atoms with van der Waals surface area (Å²) < 4.78 is 14.6. The second-order valence-electron chi connectivity index (χ2n) is 4.57. The van der Waals surface area contributed by atoms with E-state index in [0.717, 1.165) is 0 Å². The summed E-state index contributed by atoms with van der Waals surface area (Å²) in [6, 6.07) is 3.99. The SMILES string of the molecule is CCC(CC(=O)O)n1nnnc1-c1ccc(F)cc1C. The Labute approximate surface area is 115 Å². The van der Waals surface area contributed by atoms with Crippen molar-refractivity contribution in [3.63, 3.8) is 0 Å². The van der Waals surface area contributed by atoms with Gasteiger partial charge in [0.15, 0.2) is 5.82 Å². The highest BCUT2D eigenvalue weighted by Crippen LogP contribution is 2.25. The van der Waals surface area contributed by atoms with Crippen molar-refractivity contribution in [2.75, 3.05) is 0 Å². The van der Waals surface area contributed by atoms with Crippen molar-refractivity contribution >= 4 is 5.97 Å². The van der Waals surface area contributed by atoms with E-state index < -0.39 is 5.97 Å². The molecule has 2 rings (SSSR count). The molecule has 1 aromatic carbocycles. The van der Waals surface area contributed by atoms with E-state index in [1.807, 2.05) is 6.92 Å². The molecule has 0 aliphatic rings. The number of aliphatic carboxylic acids is 1. The molecule has 1 aromatic heterocycles. The number of halogens is 1. The van der Waals surface area contributed by atoms with E-state index in [1.165, 1.54) is 16.8 Å². The molecule has 20 heavy (non-hydrogen) atoms. The molecular formula is C13H15FN4O2. The number of aromatic nitrogens is 4. The van der Waals surface area contributed by atoms with Gasteiger partial charge in [0, 0.05) is 5.56 Å². The lowest BCUT2D eigenvalue weighted by Gasteiger charge is -2.15. The Balaban J connectivity index is 2.43. The predicted octanol–water partition coefficient (Wildman–Crippen LogP) is 2.21. The van der Waals surface area contributed by atoms with E-state index in [0.29, 0.717) is 23.4 Å². The van der Waals surface area contributed by atoms with Gasteiger partial charge in [0.05, 0.1) is 12.5 Å². The average molecular weight is 278 g/mol. The molecule has 0 amide bonds. The maximum absolute atomic E-state index is 13.2. The monoisotopic (exact) mass is 278 g/mol. The van der Waals surface area contributed by atoms with Gasteiger partial charge in [-0.25, -0.2) is 9.07 Å². The van der Waals surface area contributed by atoms with E-state index >= 15 is 0 Å². The third kappa shape index (κ3) is 2.81. The lowest BCUT2D eigenvalue weighted by atomic mass is 10.1. The van der Waals surface area contributed by atoms with Crippen LogP contribution in [0.1, 0.15) is 31.4 Å². The van der Waals surface area contributed by atoms with E-state index in [-0.39, 0.29) is 18.3 Å². The van der Waals surface area contributed by atoms with Crippen LogP contribution in [0, 0.1) is 12.7 Å². The van der Waals surface area contributed by atoms with Crippen LogP contribution in [0.3, 0.4) is 0 Å². The normalized spacial score (nSPS) is 12.3. The number of hydrogen-bond donors (Lipinski definition) is 1. The molecule has 0 bridgehead atoms. The van der Waals surface area contributed by atoms with Crippen LogP contribution < -0.4 is 0 Å². The number of nitrogens with zero attached hydrogens (tertiary/aromatic N) is 4. The molecule has 6 nitrogen and oxygen atoms in total. The highest BCUT2D eigenvalue weighted by molar-refractivity contribution is 5.67. The van der Waals surface area contributed by atoms with Gasteiger partial charge in [0.1, 0.15) is 5.82 Å². The maximum atomic E-state index is 13.2. The summed E-state index contributed by atoms with van der Waals surface area (Å²) >= 11 is 0. The molecule has 0 saturated heterocycles. The van der Waals surface area contributed by atoms with E-state index in [4.69, 9.17) is 5.11 Å². The molecule has 1 atom stereocenters. The van der Waals surface area contributed by atoms with Gasteiger partial charge in [-0.15, -0.1) is 5.10 Å². The van der Waals surface area contributed by atoms with E-state index in [9.17, 15) is 9.18 Å². The maximum Gasteiger partial charge on any atom is 0.305 e. The van der Waals surface area contributed by atoms with Crippen molar-refractivity contribution < 1.29 is 14.3 Å². The van der Waals surface area contributed by atoms with Gasteiger partial charge in [-0.2, -0.15) is 0 Å². The van der Waals surface area contributed by atoms with Crippen LogP contribution in [-0.2, 0) is 4.79 Å². The Morgan fingerprint density at radius 1 is 1.50 bits per heavy atom. The van der Waals surface area contributed by atoms with Crippen LogP contribution in [-0.4, -0.2) is 31.3 Å². The summed E-state index contributed by atoms with van der Waals surface area (Å²) in [6.45, 7) is 3.63. The zero-order chi connectivity index (χ0) is 14.7. The van der Waals surface area contributed by atoms with E-state index in [2.05, 4.69) is 15.5 Å². The fourth-order valence-electron chi connectivity index (χ4n) is 2.10. The Morgan fingerprint density at radius 3 is 2.85 bits per heavy atom. The molecular weight excluding hydrogens is 263 g/mol. The van der Waals surface area contributed by atoms with Gasteiger partial charge in [0.2, 0.25) is 0 Å². The number of tetrazole rings is 1. The van der Waals surface area contributed by atoms with Crippen LogP contribution in [0.15, 0.2) is 18.2 Å². The molecule has 1 heterocycles. The molecule has 0 saturated carbocycles. The minimum atomic E-state index is -0.908. The number of carbonyl (C=O) groups is 1. The molecule has 0 fully saturated rings. The number of rotatable bonds is 5. The number of carboxylic acids is 1. The molecule has 106 valence electrons. The first-order valence-electron chi connectivity index (χ1n) is 6.29. The van der Waals surface area contributed by atoms with Gasteiger partial charge in [0.25, 0.3) is 0 Å². The molecule has 0 spiro atoms. The van der Waals surface area contributed by atoms with Crippen LogP contribution in [0.5, 0.6) is 0 Å². The first-order valence-corrected chi connectivity index (χ1v) is 6.29. The smallest absolute Gasteiger partial charge is 0.305 e. The molecule has 0 aliphatic heterocycles. The van der Waals surface area contributed by atoms with Crippen LogP contribution in [0.2, 0.25) is 0 Å². The largest absolute Gasteiger partial charge is 0.481 e. The quantitative estimate of drug-likeness (QED) is 0.906. The predicted molar refractivity (Wildman–Crippen MR) is 69.5 cm³/mol. The van der Waals surface area contributed by atoms with Crippen LogP contribution in [0.25, 0.3) is 11.4 Å². The van der Waals surface area contributed by atoms with Gasteiger partial charge in [-0.3, -0.25) is 4.79 Å². The van der Waals surface area contributed by atoms with Crippen molar-refractivity contribution in [2.45, 2.75) is 32.7 Å². The minimum absolute atomic E-state index is 0.0607. The highest BCUT2D eigenvalue weighted by atomic mass is 19.1. The standard InChI is InChI=1S/C13H15FN4O2/c1-3-10(7-12(19)20)18-13(15-16-17-18)11-5-4-9(14)6-8(11)2/h4-6,10H,3,7H2,1-2H3,(H,19,20). The molecule has 1 N–H and O–H groups in total. The topological polar surface area (TPSA) is 80.9 Å². The molecule has 0 radical (unpaired) electrons. The van der Waals surface area contributed by atoms with Crippen molar-refractivity contribution in [3.8, 4) is 11.4 Å². The second kappa shape index (κ2) is 5.77. The Kier molecular flexibility index (Phi) is 4.07. The third-order valence-corrected chi connectivity index (χ3v) is 3.15. The average Bonchev–Trinajstić information content (AvgIpc) is 2.84. The Bertz CT molecular complexity index is 627. The number of carboxylic acid groups (broad SMARTS) is 1. The van der Waals surface area contributed by atoms with Gasteiger partial charge >= 0.3 is 5.97 Å². The van der Waals surface area contributed by atoms with Gasteiger partial charge in [-0.1, -0.05) is 6.92 Å². The van der Waals surface area contributed by atoms with Crippen molar-refractivity contribution in [1.29, 1.82) is 0 Å². The molecule has 1 unspecified atom stereocenters. The Morgan fingerprint density at radius 2 is 2.25 bits per heavy atom. The highest BCUT2D eigenvalue weighted by Gasteiger charge is 2.20. The van der Waals surface area contributed by atoms with Crippen LogP contribution >= 0.6 is 0 Å². The fraction of sp³-hybridized carbons (Fsp3) is 0.385. The number of aryl methyl sites for hydroxylation is 1. The van der Waals surface area contributed by atoms with Crippen molar-refractivity contribution in [2.24, 2.45) is 0 Å². The van der Waals surface area contributed by atoms with Gasteiger partial charge < -0.3 is 5.11 Å². The minimum Gasteiger partial charge on any atom is -0.481 e. The first kappa shape index (κ1) is 14.1. The number of hydrogen-bond acceptors (Lipinski definition) is 4. The molecule has 2 aromatic rings. The zero-order valence-electron chi connectivity index (χ0n) is 11.2. The van der Waals surface area contributed by atoms with E-state index in [1.54, 1.807) is 13.0 Å². The molecule has 7 heteroatoms. The van der Waals surface area contributed by atoms with Gasteiger partial charge in [-0.05, 0) is 47.5 Å². The summed E-state index contributed by atoms with van der Waals surface area (Å²) in [5.74, 6) is -0.785. The lowest BCUT2D eigenvalue weighted by molar-refractivity contribution is -0.138. The second-order valence-corrected chi connectivity index (χ2v) is 4.57. The summed E-state index contributed by atoms with van der Waals surface area (Å²) in [6.07, 6.45) is 0.527. The fourth-order valence-corrected chi connectivity index (χ4v) is 2.10.